The Hall–Kier alpha value is -0.580. The molecule has 0 radical (unpaired) electrons. The van der Waals surface area contributed by atoms with Gasteiger partial charge in [-0.05, 0) is 18.3 Å². The van der Waals surface area contributed by atoms with Gasteiger partial charge in [-0.3, -0.25) is 4.79 Å². The fourth-order valence-corrected chi connectivity index (χ4v) is 2.17. The number of hydrogen-bond acceptors (Lipinski definition) is 3. The molecule has 0 aliphatic heterocycles. The highest BCUT2D eigenvalue weighted by Gasteiger charge is 2.30. The van der Waals surface area contributed by atoms with Crippen molar-refractivity contribution in [1.29, 1.82) is 0 Å². The van der Waals surface area contributed by atoms with Gasteiger partial charge in [-0.2, -0.15) is 0 Å². The van der Waals surface area contributed by atoms with Crippen molar-refractivity contribution in [2.45, 2.75) is 33.6 Å². The Kier molecular flexibility index (Phi) is 4.77. The lowest BCUT2D eigenvalue weighted by atomic mass is 9.78. The Morgan fingerprint density at radius 1 is 1.33 bits per heavy atom. The highest BCUT2D eigenvalue weighted by atomic mass is 32.2. The van der Waals surface area contributed by atoms with Gasteiger partial charge in [0.15, 0.2) is 0 Å². The number of carbonyl (C=O) groups is 1. The Balaban J connectivity index is 4.29. The van der Waals surface area contributed by atoms with Crippen molar-refractivity contribution in [2.75, 3.05) is 12.0 Å². The first-order valence-electron chi connectivity index (χ1n) is 4.94. The van der Waals surface area contributed by atoms with Crippen LogP contribution >= 0.6 is 0 Å². The topological polar surface area (TPSA) is 71.4 Å². The summed E-state index contributed by atoms with van der Waals surface area (Å²) in [5, 5.41) is 8.99. The third-order valence-electron chi connectivity index (χ3n) is 2.35. The summed E-state index contributed by atoms with van der Waals surface area (Å²) in [6.07, 6.45) is 1.98. The van der Waals surface area contributed by atoms with E-state index in [-0.39, 0.29) is 11.2 Å². The summed E-state index contributed by atoms with van der Waals surface area (Å²) >= 11 is 0. The summed E-state index contributed by atoms with van der Waals surface area (Å²) in [6, 6.07) is 0. The van der Waals surface area contributed by atoms with Crippen LogP contribution in [0.2, 0.25) is 0 Å². The molecule has 90 valence electrons. The minimum atomic E-state index is -2.98. The van der Waals surface area contributed by atoms with Crippen LogP contribution in [-0.4, -0.2) is 31.5 Å². The molecule has 0 amide bonds. The van der Waals surface area contributed by atoms with Gasteiger partial charge in [0, 0.05) is 12.0 Å². The maximum absolute atomic E-state index is 11.0. The van der Waals surface area contributed by atoms with Crippen LogP contribution in [0, 0.1) is 11.3 Å². The van der Waals surface area contributed by atoms with E-state index < -0.39 is 21.7 Å². The van der Waals surface area contributed by atoms with E-state index in [2.05, 4.69) is 0 Å². The zero-order chi connectivity index (χ0) is 12.3. The van der Waals surface area contributed by atoms with Crippen LogP contribution in [0.3, 0.4) is 0 Å². The fraction of sp³-hybridized carbons (Fsp3) is 0.900. The number of carboxylic acids is 1. The minimum Gasteiger partial charge on any atom is -0.481 e. The van der Waals surface area contributed by atoms with Crippen molar-refractivity contribution < 1.29 is 18.3 Å². The van der Waals surface area contributed by atoms with Crippen molar-refractivity contribution >= 4 is 15.8 Å². The van der Waals surface area contributed by atoms with Crippen molar-refractivity contribution in [3.8, 4) is 0 Å². The van der Waals surface area contributed by atoms with E-state index in [0.717, 1.165) is 0 Å². The van der Waals surface area contributed by atoms with E-state index in [1.807, 2.05) is 20.8 Å². The molecule has 0 rings (SSSR count). The molecule has 0 aromatic heterocycles. The molecule has 0 aliphatic rings. The Bertz CT molecular complexity index is 311. The van der Waals surface area contributed by atoms with Crippen LogP contribution in [0.15, 0.2) is 0 Å². The predicted molar refractivity (Wildman–Crippen MR) is 59.5 cm³/mol. The number of carboxylic acid groups (broad SMARTS) is 1. The van der Waals surface area contributed by atoms with E-state index >= 15 is 0 Å². The first-order valence-corrected chi connectivity index (χ1v) is 7.00. The monoisotopic (exact) mass is 236 g/mol. The summed E-state index contributed by atoms with van der Waals surface area (Å²) in [6.45, 7) is 5.56. The number of rotatable bonds is 5. The quantitative estimate of drug-likeness (QED) is 0.786. The zero-order valence-corrected chi connectivity index (χ0v) is 10.6. The van der Waals surface area contributed by atoms with E-state index in [1.54, 1.807) is 0 Å². The average molecular weight is 236 g/mol. The predicted octanol–water partition coefficient (Wildman–Crippen LogP) is 1.56. The second-order valence-electron chi connectivity index (χ2n) is 5.03. The van der Waals surface area contributed by atoms with E-state index in [4.69, 9.17) is 5.11 Å². The van der Waals surface area contributed by atoms with Gasteiger partial charge in [0.05, 0.1) is 5.92 Å². The van der Waals surface area contributed by atoms with Crippen LogP contribution in [-0.2, 0) is 14.6 Å². The summed E-state index contributed by atoms with van der Waals surface area (Å²) < 4.78 is 21.8. The molecule has 15 heavy (non-hydrogen) atoms. The molecule has 0 bridgehead atoms. The molecule has 4 nitrogen and oxygen atoms in total. The molecule has 0 aliphatic carbocycles. The smallest absolute Gasteiger partial charge is 0.307 e. The van der Waals surface area contributed by atoms with E-state index in [1.165, 1.54) is 6.26 Å². The van der Waals surface area contributed by atoms with Crippen molar-refractivity contribution in [1.82, 2.24) is 0 Å². The van der Waals surface area contributed by atoms with Crippen molar-refractivity contribution in [3.05, 3.63) is 0 Å². The van der Waals surface area contributed by atoms with Crippen LogP contribution < -0.4 is 0 Å². The zero-order valence-electron chi connectivity index (χ0n) is 9.78. The lowest BCUT2D eigenvalue weighted by molar-refractivity contribution is -0.145. The highest BCUT2D eigenvalue weighted by molar-refractivity contribution is 7.90. The Morgan fingerprint density at radius 3 is 2.07 bits per heavy atom. The molecule has 0 saturated heterocycles. The van der Waals surface area contributed by atoms with Gasteiger partial charge >= 0.3 is 5.97 Å². The molecule has 5 heteroatoms. The molecule has 1 atom stereocenters. The van der Waals surface area contributed by atoms with E-state index in [0.29, 0.717) is 12.8 Å². The molecule has 0 aromatic rings. The molecule has 0 saturated carbocycles. The van der Waals surface area contributed by atoms with Gasteiger partial charge in [0.1, 0.15) is 9.84 Å². The van der Waals surface area contributed by atoms with E-state index in [9.17, 15) is 13.2 Å². The first kappa shape index (κ1) is 14.4. The van der Waals surface area contributed by atoms with Gasteiger partial charge in [-0.15, -0.1) is 0 Å². The summed E-state index contributed by atoms with van der Waals surface area (Å²) in [5.41, 5.74) is -0.330. The van der Waals surface area contributed by atoms with Crippen molar-refractivity contribution in [2.24, 2.45) is 11.3 Å². The first-order chi connectivity index (χ1) is 6.54. The summed E-state index contributed by atoms with van der Waals surface area (Å²) in [5.74, 6) is -1.28. The molecule has 1 N–H and O–H groups in total. The minimum absolute atomic E-state index is 0.0624. The number of sulfone groups is 1. The lowest BCUT2D eigenvalue weighted by Crippen LogP contribution is -2.28. The molecular weight excluding hydrogens is 216 g/mol. The number of aliphatic carboxylic acids is 1. The van der Waals surface area contributed by atoms with Crippen LogP contribution in [0.25, 0.3) is 0 Å². The molecule has 0 aromatic carbocycles. The SMILES string of the molecule is CC(C)(C)C(CCCS(C)(=O)=O)C(=O)O. The summed E-state index contributed by atoms with van der Waals surface area (Å²) in [4.78, 5) is 11.0. The van der Waals surface area contributed by atoms with Crippen molar-refractivity contribution in [3.63, 3.8) is 0 Å². The van der Waals surface area contributed by atoms with Gasteiger partial charge in [-0.25, -0.2) is 8.42 Å². The molecule has 0 heterocycles. The third kappa shape index (κ3) is 6.49. The average Bonchev–Trinajstić information content (AvgIpc) is 1.92. The maximum Gasteiger partial charge on any atom is 0.307 e. The largest absolute Gasteiger partial charge is 0.481 e. The second kappa shape index (κ2) is 4.96. The second-order valence-corrected chi connectivity index (χ2v) is 7.29. The lowest BCUT2D eigenvalue weighted by Gasteiger charge is -2.26. The highest BCUT2D eigenvalue weighted by Crippen LogP contribution is 2.29. The fourth-order valence-electron chi connectivity index (χ4n) is 1.48. The van der Waals surface area contributed by atoms with Gasteiger partial charge < -0.3 is 5.11 Å². The normalized spacial score (nSPS) is 14.9. The third-order valence-corrected chi connectivity index (χ3v) is 3.38. The van der Waals surface area contributed by atoms with Crippen LogP contribution in [0.5, 0.6) is 0 Å². The summed E-state index contributed by atoms with van der Waals surface area (Å²) in [7, 11) is -2.98. The van der Waals surface area contributed by atoms with Gasteiger partial charge in [-0.1, -0.05) is 20.8 Å². The molecule has 0 fully saturated rings. The van der Waals surface area contributed by atoms with Gasteiger partial charge in [0.2, 0.25) is 0 Å². The van der Waals surface area contributed by atoms with Gasteiger partial charge in [0.25, 0.3) is 0 Å². The standard InChI is InChI=1S/C10H20O4S/c1-10(2,3)8(9(11)12)6-5-7-15(4,13)14/h8H,5-7H2,1-4H3,(H,11,12). The molecule has 0 spiro atoms. The molecular formula is C10H20O4S. The number of hydrogen-bond donors (Lipinski definition) is 1. The Morgan fingerprint density at radius 2 is 1.80 bits per heavy atom. The molecule has 1 unspecified atom stereocenters. The maximum atomic E-state index is 11.0. The van der Waals surface area contributed by atoms with Crippen LogP contribution in [0.1, 0.15) is 33.6 Å². The Labute approximate surface area is 91.6 Å². The van der Waals surface area contributed by atoms with Crippen LogP contribution in [0.4, 0.5) is 0 Å².